The Balaban J connectivity index is 0.00000338. The Morgan fingerprint density at radius 2 is 1.73 bits per heavy atom. The molecule has 0 aliphatic heterocycles. The number of rotatable bonds is 7. The van der Waals surface area contributed by atoms with E-state index in [-0.39, 0.29) is 12.4 Å². The van der Waals surface area contributed by atoms with Crippen LogP contribution in [0, 0.1) is 0 Å². The Bertz CT molecular complexity index is 596. The predicted octanol–water partition coefficient (Wildman–Crippen LogP) is 1.93. The van der Waals surface area contributed by atoms with E-state index < -0.39 is 36.5 Å². The van der Waals surface area contributed by atoms with Crippen molar-refractivity contribution in [1.29, 1.82) is 0 Å². The van der Waals surface area contributed by atoms with Crippen molar-refractivity contribution in [1.82, 2.24) is 16.0 Å². The van der Waals surface area contributed by atoms with Crippen LogP contribution in [0.4, 0.5) is 13.6 Å². The molecule has 0 bridgehead atoms. The van der Waals surface area contributed by atoms with E-state index in [0.717, 1.165) is 18.4 Å². The lowest BCUT2D eigenvalue weighted by Crippen LogP contribution is -2.60. The monoisotopic (exact) mass is 390 g/mol. The van der Waals surface area contributed by atoms with Crippen LogP contribution in [0.2, 0.25) is 0 Å². The van der Waals surface area contributed by atoms with Gasteiger partial charge < -0.3 is 21.7 Å². The highest BCUT2D eigenvalue weighted by Crippen LogP contribution is 2.30. The van der Waals surface area contributed by atoms with Crippen LogP contribution in [-0.4, -0.2) is 36.5 Å². The molecular formula is C17H25ClF2N4O2. The lowest BCUT2D eigenvalue weighted by Gasteiger charge is -2.30. The van der Waals surface area contributed by atoms with Gasteiger partial charge in [0.15, 0.2) is 0 Å². The summed E-state index contributed by atoms with van der Waals surface area (Å²) in [6.45, 7) is -1.36. The molecule has 1 aromatic rings. The molecule has 0 heterocycles. The van der Waals surface area contributed by atoms with Crippen LogP contribution in [0.1, 0.15) is 31.2 Å². The summed E-state index contributed by atoms with van der Waals surface area (Å²) in [5.41, 5.74) is 4.75. The van der Waals surface area contributed by atoms with Gasteiger partial charge >= 0.3 is 6.03 Å². The number of hydrogen-bond acceptors (Lipinski definition) is 3. The molecule has 1 aliphatic rings. The van der Waals surface area contributed by atoms with Gasteiger partial charge in [0.1, 0.15) is 5.54 Å². The van der Waals surface area contributed by atoms with Crippen molar-refractivity contribution in [3.63, 3.8) is 0 Å². The molecule has 1 aromatic carbocycles. The molecule has 2 rings (SSSR count). The maximum Gasteiger partial charge on any atom is 0.315 e. The number of urea groups is 1. The first kappa shape index (κ1) is 22.1. The van der Waals surface area contributed by atoms with E-state index in [4.69, 9.17) is 5.73 Å². The molecule has 146 valence electrons. The number of alkyl halides is 2. The number of hydrogen-bond donors (Lipinski definition) is 4. The maximum atomic E-state index is 13.3. The number of nitrogens with two attached hydrogens (primary N) is 1. The molecule has 1 saturated carbocycles. The lowest BCUT2D eigenvalue weighted by molar-refractivity contribution is -0.128. The van der Waals surface area contributed by atoms with E-state index in [2.05, 4.69) is 16.0 Å². The number of nitrogens with one attached hydrogen (secondary N) is 3. The maximum absolute atomic E-state index is 13.3. The summed E-state index contributed by atoms with van der Waals surface area (Å²) in [6.07, 6.45) is 2.34. The molecule has 6 nitrogen and oxygen atoms in total. The molecule has 0 unspecified atom stereocenters. The van der Waals surface area contributed by atoms with Gasteiger partial charge in [-0.15, -0.1) is 12.4 Å². The summed E-state index contributed by atoms with van der Waals surface area (Å²) >= 11 is 0. The van der Waals surface area contributed by atoms with Gasteiger partial charge in [0.25, 0.3) is 5.92 Å². The van der Waals surface area contributed by atoms with E-state index >= 15 is 0 Å². The smallest absolute Gasteiger partial charge is 0.315 e. The SMILES string of the molecule is Cl.NCC(F)(F)CNC(=O)C1(NC(=O)NCc2ccccc2)CCCC1. The van der Waals surface area contributed by atoms with Crippen molar-refractivity contribution >= 4 is 24.3 Å². The van der Waals surface area contributed by atoms with Gasteiger partial charge in [-0.1, -0.05) is 43.2 Å². The largest absolute Gasteiger partial charge is 0.348 e. The van der Waals surface area contributed by atoms with E-state index in [1.54, 1.807) is 0 Å². The third-order valence-corrected chi connectivity index (χ3v) is 4.35. The average molecular weight is 391 g/mol. The second kappa shape index (κ2) is 9.68. The quantitative estimate of drug-likeness (QED) is 0.572. The van der Waals surface area contributed by atoms with Crippen LogP contribution < -0.4 is 21.7 Å². The summed E-state index contributed by atoms with van der Waals surface area (Å²) in [7, 11) is 0. The minimum absolute atomic E-state index is 0. The fraction of sp³-hybridized carbons (Fsp3) is 0.529. The van der Waals surface area contributed by atoms with E-state index in [0.29, 0.717) is 19.4 Å². The summed E-state index contributed by atoms with van der Waals surface area (Å²) in [4.78, 5) is 24.6. The molecule has 1 aliphatic carbocycles. The number of amides is 3. The summed E-state index contributed by atoms with van der Waals surface area (Å²) < 4.78 is 26.5. The van der Waals surface area contributed by atoms with Crippen molar-refractivity contribution in [2.24, 2.45) is 5.73 Å². The predicted molar refractivity (Wildman–Crippen MR) is 97.3 cm³/mol. The van der Waals surface area contributed by atoms with Crippen molar-refractivity contribution in [2.75, 3.05) is 13.1 Å². The minimum atomic E-state index is -3.16. The molecule has 0 radical (unpaired) electrons. The first-order valence-electron chi connectivity index (χ1n) is 8.33. The Labute approximate surface area is 157 Å². The molecule has 0 aromatic heterocycles. The van der Waals surface area contributed by atoms with Gasteiger partial charge in [-0.05, 0) is 18.4 Å². The van der Waals surface area contributed by atoms with Crippen molar-refractivity contribution in [3.8, 4) is 0 Å². The summed E-state index contributed by atoms with van der Waals surface area (Å²) in [6, 6.07) is 8.84. The summed E-state index contributed by atoms with van der Waals surface area (Å²) in [5, 5.41) is 7.59. The van der Waals surface area contributed by atoms with Crippen LogP contribution in [0.3, 0.4) is 0 Å². The van der Waals surface area contributed by atoms with E-state index in [1.165, 1.54) is 0 Å². The molecular weight excluding hydrogens is 366 g/mol. The second-order valence-electron chi connectivity index (χ2n) is 6.33. The van der Waals surface area contributed by atoms with Crippen LogP contribution in [0.15, 0.2) is 30.3 Å². The van der Waals surface area contributed by atoms with Gasteiger partial charge in [0.05, 0.1) is 13.1 Å². The molecule has 1 fully saturated rings. The standard InChI is InChI=1S/C17H24F2N4O2.ClH/c18-17(19,11-20)12-22-14(24)16(8-4-5-9-16)23-15(25)21-10-13-6-2-1-3-7-13;/h1-3,6-7H,4-5,8-12,20H2,(H,22,24)(H2,21,23,25);1H. The Morgan fingerprint density at radius 3 is 2.31 bits per heavy atom. The highest BCUT2D eigenvalue weighted by atomic mass is 35.5. The average Bonchev–Trinajstić information content (AvgIpc) is 3.08. The molecule has 9 heteroatoms. The third-order valence-electron chi connectivity index (χ3n) is 4.35. The second-order valence-corrected chi connectivity index (χ2v) is 6.33. The number of carbonyl (C=O) groups is 2. The fourth-order valence-corrected chi connectivity index (χ4v) is 2.88. The van der Waals surface area contributed by atoms with Gasteiger partial charge in [0, 0.05) is 6.54 Å². The normalized spacial score (nSPS) is 15.7. The van der Waals surface area contributed by atoms with Crippen molar-refractivity contribution in [3.05, 3.63) is 35.9 Å². The lowest BCUT2D eigenvalue weighted by atomic mass is 9.96. The van der Waals surface area contributed by atoms with E-state index in [9.17, 15) is 18.4 Å². The zero-order valence-corrected chi connectivity index (χ0v) is 15.2. The zero-order valence-electron chi connectivity index (χ0n) is 14.4. The third kappa shape index (κ3) is 6.10. The molecule has 3 amide bonds. The molecule has 0 atom stereocenters. The van der Waals surface area contributed by atoms with Crippen LogP contribution >= 0.6 is 12.4 Å². The first-order valence-corrected chi connectivity index (χ1v) is 8.33. The number of carbonyl (C=O) groups excluding carboxylic acids is 2. The highest BCUT2D eigenvalue weighted by molar-refractivity contribution is 5.91. The first-order chi connectivity index (χ1) is 11.9. The van der Waals surface area contributed by atoms with Crippen LogP contribution in [0.25, 0.3) is 0 Å². The Kier molecular flexibility index (Phi) is 8.23. The summed E-state index contributed by atoms with van der Waals surface area (Å²) in [5.74, 6) is -3.75. The van der Waals surface area contributed by atoms with Crippen molar-refractivity contribution < 1.29 is 18.4 Å². The van der Waals surface area contributed by atoms with Crippen molar-refractivity contribution in [2.45, 2.75) is 43.7 Å². The molecule has 5 N–H and O–H groups in total. The Morgan fingerprint density at radius 1 is 1.12 bits per heavy atom. The van der Waals surface area contributed by atoms with Gasteiger partial charge in [0.2, 0.25) is 5.91 Å². The molecule has 26 heavy (non-hydrogen) atoms. The van der Waals surface area contributed by atoms with Gasteiger partial charge in [-0.2, -0.15) is 0 Å². The topological polar surface area (TPSA) is 96.2 Å². The molecule has 0 spiro atoms. The molecule has 0 saturated heterocycles. The number of benzene rings is 1. The number of halogens is 3. The highest BCUT2D eigenvalue weighted by Gasteiger charge is 2.43. The van der Waals surface area contributed by atoms with Crippen LogP contribution in [-0.2, 0) is 11.3 Å². The zero-order chi connectivity index (χ0) is 18.3. The van der Waals surface area contributed by atoms with E-state index in [1.807, 2.05) is 30.3 Å². The van der Waals surface area contributed by atoms with Gasteiger partial charge in [-0.25, -0.2) is 13.6 Å². The minimum Gasteiger partial charge on any atom is -0.348 e. The van der Waals surface area contributed by atoms with Crippen LogP contribution in [0.5, 0.6) is 0 Å². The Hall–Kier alpha value is -1.93. The fourth-order valence-electron chi connectivity index (χ4n) is 2.88. The van der Waals surface area contributed by atoms with Gasteiger partial charge in [-0.3, -0.25) is 4.79 Å².